The Morgan fingerprint density at radius 1 is 1.41 bits per heavy atom. The van der Waals surface area contributed by atoms with Crippen LogP contribution in [-0.4, -0.2) is 55.2 Å². The van der Waals surface area contributed by atoms with Crippen LogP contribution in [0.1, 0.15) is 19.8 Å². The van der Waals surface area contributed by atoms with E-state index in [-0.39, 0.29) is 24.0 Å². The van der Waals surface area contributed by atoms with E-state index in [0.717, 1.165) is 12.8 Å². The van der Waals surface area contributed by atoms with E-state index in [0.29, 0.717) is 32.2 Å². The minimum absolute atomic E-state index is 0.0170. The summed E-state index contributed by atoms with van der Waals surface area (Å²) in [6.45, 7) is 4.65. The molecule has 2 fully saturated rings. The van der Waals surface area contributed by atoms with E-state index in [4.69, 9.17) is 21.1 Å². The predicted molar refractivity (Wildman–Crippen MR) is 65.2 cm³/mol. The molecular weight excluding hydrogens is 242 g/mol. The van der Waals surface area contributed by atoms with Gasteiger partial charge in [-0.3, -0.25) is 4.79 Å². The van der Waals surface area contributed by atoms with Crippen molar-refractivity contribution in [1.82, 2.24) is 4.90 Å². The fraction of sp³-hybridized carbons (Fsp3) is 0.917. The lowest BCUT2D eigenvalue weighted by molar-refractivity contribution is -0.150. The Balaban J connectivity index is 1.95. The highest BCUT2D eigenvalue weighted by molar-refractivity contribution is 6.18. The highest BCUT2D eigenvalue weighted by Gasteiger charge is 2.33. The molecule has 0 bridgehead atoms. The number of hydrogen-bond acceptors (Lipinski definition) is 3. The summed E-state index contributed by atoms with van der Waals surface area (Å²) < 4.78 is 10.8. The van der Waals surface area contributed by atoms with Crippen molar-refractivity contribution in [2.45, 2.75) is 31.9 Å². The van der Waals surface area contributed by atoms with E-state index in [9.17, 15) is 4.79 Å². The Bertz CT molecular complexity index is 268. The van der Waals surface area contributed by atoms with Gasteiger partial charge >= 0.3 is 0 Å². The Hall–Kier alpha value is -0.320. The first kappa shape index (κ1) is 13.1. The zero-order chi connectivity index (χ0) is 12.3. The molecule has 0 N–H and O–H groups in total. The third-order valence-corrected chi connectivity index (χ3v) is 3.88. The molecule has 98 valence electrons. The van der Waals surface area contributed by atoms with Gasteiger partial charge in [0.15, 0.2) is 0 Å². The SMILES string of the molecule is CC1COC(CCl)CN1C(=O)C1CCOCC1. The average Bonchev–Trinajstić information content (AvgIpc) is 2.39. The Morgan fingerprint density at radius 3 is 2.76 bits per heavy atom. The number of rotatable bonds is 2. The third kappa shape index (κ3) is 3.12. The zero-order valence-corrected chi connectivity index (χ0v) is 11.0. The summed E-state index contributed by atoms with van der Waals surface area (Å²) in [4.78, 5) is 14.3. The van der Waals surface area contributed by atoms with Gasteiger partial charge < -0.3 is 14.4 Å². The van der Waals surface area contributed by atoms with Crippen LogP contribution < -0.4 is 0 Å². The number of alkyl halides is 1. The molecule has 2 unspecified atom stereocenters. The quantitative estimate of drug-likeness (QED) is 0.703. The second kappa shape index (κ2) is 6.03. The lowest BCUT2D eigenvalue weighted by atomic mass is 9.97. The summed E-state index contributed by atoms with van der Waals surface area (Å²) in [5.74, 6) is 0.823. The molecule has 0 aromatic heterocycles. The molecule has 2 atom stereocenters. The van der Waals surface area contributed by atoms with E-state index in [1.165, 1.54) is 0 Å². The Labute approximate surface area is 107 Å². The van der Waals surface area contributed by atoms with E-state index < -0.39 is 0 Å². The van der Waals surface area contributed by atoms with Crippen LogP contribution in [0.25, 0.3) is 0 Å². The maximum Gasteiger partial charge on any atom is 0.226 e. The third-order valence-electron chi connectivity index (χ3n) is 3.53. The van der Waals surface area contributed by atoms with Gasteiger partial charge in [0.25, 0.3) is 0 Å². The number of nitrogens with zero attached hydrogens (tertiary/aromatic N) is 1. The van der Waals surface area contributed by atoms with Gasteiger partial charge in [0.1, 0.15) is 0 Å². The van der Waals surface area contributed by atoms with Crippen LogP contribution in [-0.2, 0) is 14.3 Å². The van der Waals surface area contributed by atoms with Gasteiger partial charge in [0.05, 0.1) is 24.6 Å². The van der Waals surface area contributed by atoms with Crippen molar-refractivity contribution in [2.75, 3.05) is 32.2 Å². The number of hydrogen-bond donors (Lipinski definition) is 0. The summed E-state index contributed by atoms with van der Waals surface area (Å²) in [7, 11) is 0. The summed E-state index contributed by atoms with van der Waals surface area (Å²) in [5, 5.41) is 0. The van der Waals surface area contributed by atoms with Gasteiger partial charge in [-0.1, -0.05) is 0 Å². The molecule has 5 heteroatoms. The van der Waals surface area contributed by atoms with Gasteiger partial charge in [-0.2, -0.15) is 0 Å². The van der Waals surface area contributed by atoms with Crippen molar-refractivity contribution in [1.29, 1.82) is 0 Å². The number of ether oxygens (including phenoxy) is 2. The van der Waals surface area contributed by atoms with Crippen molar-refractivity contribution < 1.29 is 14.3 Å². The highest BCUT2D eigenvalue weighted by atomic mass is 35.5. The second-order valence-corrected chi connectivity index (χ2v) is 5.14. The minimum Gasteiger partial charge on any atom is -0.381 e. The lowest BCUT2D eigenvalue weighted by Gasteiger charge is -2.39. The van der Waals surface area contributed by atoms with E-state index >= 15 is 0 Å². The van der Waals surface area contributed by atoms with Crippen molar-refractivity contribution in [3.8, 4) is 0 Å². The van der Waals surface area contributed by atoms with Gasteiger partial charge in [-0.05, 0) is 19.8 Å². The molecule has 0 aromatic rings. The van der Waals surface area contributed by atoms with Crippen LogP contribution in [0.5, 0.6) is 0 Å². The molecule has 17 heavy (non-hydrogen) atoms. The summed E-state index contributed by atoms with van der Waals surface area (Å²) in [6, 6.07) is 0.157. The molecule has 0 aromatic carbocycles. The molecular formula is C12H20ClNO3. The number of carbonyl (C=O) groups is 1. The maximum absolute atomic E-state index is 12.4. The largest absolute Gasteiger partial charge is 0.381 e. The minimum atomic E-state index is -0.0170. The predicted octanol–water partition coefficient (Wildman–Crippen LogP) is 1.27. The molecule has 0 aliphatic carbocycles. The standard InChI is InChI=1S/C12H20ClNO3/c1-9-8-17-11(6-13)7-14(9)12(15)10-2-4-16-5-3-10/h9-11H,2-8H2,1H3. The first-order valence-corrected chi connectivity index (χ1v) is 6.81. The Kier molecular flexibility index (Phi) is 4.65. The van der Waals surface area contributed by atoms with Gasteiger partial charge in [0.2, 0.25) is 5.91 Å². The first-order valence-electron chi connectivity index (χ1n) is 6.28. The van der Waals surface area contributed by atoms with E-state index in [1.54, 1.807) is 0 Å². The van der Waals surface area contributed by atoms with E-state index in [1.807, 2.05) is 11.8 Å². The van der Waals surface area contributed by atoms with Crippen LogP contribution in [0.15, 0.2) is 0 Å². The fourth-order valence-electron chi connectivity index (χ4n) is 2.40. The van der Waals surface area contributed by atoms with E-state index in [2.05, 4.69) is 0 Å². The van der Waals surface area contributed by atoms with Gasteiger partial charge in [0, 0.05) is 25.7 Å². The number of morpholine rings is 1. The van der Waals surface area contributed by atoms with Crippen molar-refractivity contribution in [3.63, 3.8) is 0 Å². The Morgan fingerprint density at radius 2 is 2.12 bits per heavy atom. The molecule has 0 saturated carbocycles. The molecule has 2 rings (SSSR count). The molecule has 0 radical (unpaired) electrons. The van der Waals surface area contributed by atoms with Gasteiger partial charge in [-0.15, -0.1) is 11.6 Å². The summed E-state index contributed by atoms with van der Waals surface area (Å²) >= 11 is 5.80. The maximum atomic E-state index is 12.4. The molecule has 4 nitrogen and oxygen atoms in total. The van der Waals surface area contributed by atoms with Crippen LogP contribution >= 0.6 is 11.6 Å². The second-order valence-electron chi connectivity index (χ2n) is 4.84. The summed E-state index contributed by atoms with van der Waals surface area (Å²) in [5.41, 5.74) is 0. The normalized spacial score (nSPS) is 31.5. The number of amides is 1. The zero-order valence-electron chi connectivity index (χ0n) is 10.2. The monoisotopic (exact) mass is 261 g/mol. The molecule has 2 saturated heterocycles. The lowest BCUT2D eigenvalue weighted by Crippen LogP contribution is -2.53. The molecule has 2 heterocycles. The number of carbonyl (C=O) groups excluding carboxylic acids is 1. The first-order chi connectivity index (χ1) is 8.22. The van der Waals surface area contributed by atoms with Crippen LogP contribution in [0.2, 0.25) is 0 Å². The topological polar surface area (TPSA) is 38.8 Å². The van der Waals surface area contributed by atoms with Crippen LogP contribution in [0, 0.1) is 5.92 Å². The van der Waals surface area contributed by atoms with Crippen molar-refractivity contribution >= 4 is 17.5 Å². The molecule has 1 amide bonds. The number of halogens is 1. The van der Waals surface area contributed by atoms with Crippen molar-refractivity contribution in [3.05, 3.63) is 0 Å². The molecule has 2 aliphatic rings. The fourth-order valence-corrected chi connectivity index (χ4v) is 2.58. The average molecular weight is 262 g/mol. The molecule has 2 aliphatic heterocycles. The van der Waals surface area contributed by atoms with Crippen molar-refractivity contribution in [2.24, 2.45) is 5.92 Å². The van der Waals surface area contributed by atoms with Crippen LogP contribution in [0.3, 0.4) is 0 Å². The smallest absolute Gasteiger partial charge is 0.226 e. The highest BCUT2D eigenvalue weighted by Crippen LogP contribution is 2.22. The molecule has 0 spiro atoms. The van der Waals surface area contributed by atoms with Crippen LogP contribution in [0.4, 0.5) is 0 Å². The summed E-state index contributed by atoms with van der Waals surface area (Å²) in [6.07, 6.45) is 1.67. The van der Waals surface area contributed by atoms with Gasteiger partial charge in [-0.25, -0.2) is 0 Å².